The Kier molecular flexibility index (Phi) is 7.46. The topological polar surface area (TPSA) is 51.6 Å². The zero-order valence-electron chi connectivity index (χ0n) is 30.3. The highest BCUT2D eigenvalue weighted by atomic mass is 14.9. The molecule has 56 heavy (non-hydrogen) atoms. The summed E-state index contributed by atoms with van der Waals surface area (Å²) in [4.78, 5) is 18.3. The lowest BCUT2D eigenvalue weighted by Gasteiger charge is -2.20. The van der Waals surface area contributed by atoms with E-state index in [2.05, 4.69) is 156 Å². The van der Waals surface area contributed by atoms with E-state index in [-0.39, 0.29) is 0 Å². The normalized spacial score (nSPS) is 11.6. The lowest BCUT2D eigenvalue weighted by atomic mass is 9.82. The Morgan fingerprint density at radius 2 is 0.839 bits per heavy atom. The molecule has 0 N–H and O–H groups in total. The van der Waals surface area contributed by atoms with Gasteiger partial charge in [-0.2, -0.15) is 0 Å². The van der Waals surface area contributed by atoms with Crippen molar-refractivity contribution in [3.63, 3.8) is 0 Å². The van der Waals surface area contributed by atoms with Crippen molar-refractivity contribution < 1.29 is 0 Å². The van der Waals surface area contributed by atoms with E-state index in [0.29, 0.717) is 5.82 Å². The Morgan fingerprint density at radius 1 is 0.286 bits per heavy atom. The molecule has 3 heterocycles. The van der Waals surface area contributed by atoms with Gasteiger partial charge < -0.3 is 0 Å². The van der Waals surface area contributed by atoms with Gasteiger partial charge in [-0.15, -0.1) is 0 Å². The number of benzene rings is 7. The Balaban J connectivity index is 1.01. The molecule has 3 aromatic heterocycles. The molecule has 260 valence electrons. The number of aromatic nitrogens is 4. The molecule has 0 aliphatic heterocycles. The molecule has 1 aliphatic rings. The second kappa shape index (κ2) is 13.1. The minimum Gasteiger partial charge on any atom is -0.254 e. The molecular weight excluding hydrogens is 681 g/mol. The summed E-state index contributed by atoms with van der Waals surface area (Å²) in [5.41, 5.74) is 17.1. The standard InChI is InChI=1S/C52H32N4/c1-3-12-35(13-4-1)47-40-16-7-8-17-41(40)48(36-14-5-2-6-15-36)51-43-28-27-38(39-18-9-19-42(49(39)43)50(47)51)34-24-22-33(23-25-34)37-26-29-44(55-32-37)45-20-10-21-46(56-45)52-53-30-11-31-54-52/h1-32H. The first-order valence-corrected chi connectivity index (χ1v) is 18.9. The summed E-state index contributed by atoms with van der Waals surface area (Å²) in [7, 11) is 0. The van der Waals surface area contributed by atoms with E-state index in [1.807, 2.05) is 30.5 Å². The number of hydrogen-bond donors (Lipinski definition) is 0. The highest BCUT2D eigenvalue weighted by Gasteiger charge is 2.31. The average Bonchev–Trinajstić information content (AvgIpc) is 3.61. The monoisotopic (exact) mass is 712 g/mol. The fourth-order valence-corrected chi connectivity index (χ4v) is 8.55. The first-order chi connectivity index (χ1) is 27.8. The number of pyridine rings is 2. The van der Waals surface area contributed by atoms with Crippen LogP contribution in [0.25, 0.3) is 111 Å². The molecule has 0 saturated carbocycles. The van der Waals surface area contributed by atoms with Crippen LogP contribution < -0.4 is 0 Å². The third kappa shape index (κ3) is 5.15. The first kappa shape index (κ1) is 31.9. The van der Waals surface area contributed by atoms with Gasteiger partial charge in [0.2, 0.25) is 0 Å². The summed E-state index contributed by atoms with van der Waals surface area (Å²) in [6.45, 7) is 0. The minimum absolute atomic E-state index is 0.596. The molecule has 0 saturated heterocycles. The van der Waals surface area contributed by atoms with Crippen LogP contribution in [0, 0.1) is 0 Å². The van der Waals surface area contributed by atoms with Gasteiger partial charge in [0.25, 0.3) is 0 Å². The molecule has 0 atom stereocenters. The van der Waals surface area contributed by atoms with Crippen LogP contribution in [-0.2, 0) is 0 Å². The lowest BCUT2D eigenvalue weighted by Crippen LogP contribution is -1.93. The Hall–Kier alpha value is -7.56. The summed E-state index contributed by atoms with van der Waals surface area (Å²) in [5, 5.41) is 5.11. The fourth-order valence-electron chi connectivity index (χ4n) is 8.55. The average molecular weight is 713 g/mol. The van der Waals surface area contributed by atoms with Crippen molar-refractivity contribution in [1.82, 2.24) is 19.9 Å². The minimum atomic E-state index is 0.596. The Bertz CT molecular complexity index is 2990. The second-order valence-electron chi connectivity index (χ2n) is 14.2. The molecule has 4 nitrogen and oxygen atoms in total. The van der Waals surface area contributed by atoms with Crippen LogP contribution in [-0.4, -0.2) is 19.9 Å². The van der Waals surface area contributed by atoms with Gasteiger partial charge in [-0.1, -0.05) is 152 Å². The number of fused-ring (bicyclic) bond motifs is 4. The van der Waals surface area contributed by atoms with E-state index < -0.39 is 0 Å². The zero-order chi connectivity index (χ0) is 37.0. The molecule has 0 unspecified atom stereocenters. The van der Waals surface area contributed by atoms with Crippen LogP contribution in [0.2, 0.25) is 0 Å². The predicted molar refractivity (Wildman–Crippen MR) is 230 cm³/mol. The highest BCUT2D eigenvalue weighted by Crippen LogP contribution is 2.58. The van der Waals surface area contributed by atoms with E-state index >= 15 is 0 Å². The van der Waals surface area contributed by atoms with Crippen molar-refractivity contribution in [3.05, 3.63) is 195 Å². The van der Waals surface area contributed by atoms with Crippen molar-refractivity contribution in [2.45, 2.75) is 0 Å². The predicted octanol–water partition coefficient (Wildman–Crippen LogP) is 13.2. The molecule has 0 amide bonds. The van der Waals surface area contributed by atoms with Gasteiger partial charge in [0.1, 0.15) is 5.69 Å². The van der Waals surface area contributed by atoms with E-state index in [4.69, 9.17) is 9.97 Å². The zero-order valence-corrected chi connectivity index (χ0v) is 30.3. The van der Waals surface area contributed by atoms with Gasteiger partial charge in [-0.05, 0) is 107 Å². The Morgan fingerprint density at radius 3 is 1.50 bits per heavy atom. The third-order valence-corrected chi connectivity index (χ3v) is 11.0. The van der Waals surface area contributed by atoms with Crippen LogP contribution in [0.1, 0.15) is 0 Å². The van der Waals surface area contributed by atoms with Crippen LogP contribution in [0.3, 0.4) is 0 Å². The summed E-state index contributed by atoms with van der Waals surface area (Å²) < 4.78 is 0. The summed E-state index contributed by atoms with van der Waals surface area (Å²) in [5.74, 6) is 0.596. The van der Waals surface area contributed by atoms with Crippen molar-refractivity contribution in [2.24, 2.45) is 0 Å². The molecular formula is C52H32N4. The molecule has 4 heteroatoms. The second-order valence-corrected chi connectivity index (χ2v) is 14.2. The van der Waals surface area contributed by atoms with E-state index in [0.717, 1.165) is 28.2 Å². The van der Waals surface area contributed by atoms with Crippen molar-refractivity contribution in [2.75, 3.05) is 0 Å². The van der Waals surface area contributed by atoms with Gasteiger partial charge in [0, 0.05) is 24.2 Å². The molecule has 0 radical (unpaired) electrons. The van der Waals surface area contributed by atoms with Crippen LogP contribution in [0.5, 0.6) is 0 Å². The number of hydrogen-bond acceptors (Lipinski definition) is 4. The van der Waals surface area contributed by atoms with Crippen LogP contribution in [0.15, 0.2) is 195 Å². The van der Waals surface area contributed by atoms with Gasteiger partial charge >= 0.3 is 0 Å². The van der Waals surface area contributed by atoms with Crippen LogP contribution >= 0.6 is 0 Å². The summed E-state index contributed by atoms with van der Waals surface area (Å²) in [6, 6.07) is 62.9. The Labute approximate surface area is 324 Å². The molecule has 7 aromatic carbocycles. The van der Waals surface area contributed by atoms with Gasteiger partial charge in [0.15, 0.2) is 5.82 Å². The van der Waals surface area contributed by atoms with Gasteiger partial charge in [-0.25, -0.2) is 15.0 Å². The number of rotatable bonds is 6. The SMILES string of the molecule is c1ccc(-c2c3c(c(-c4ccccc4)c4ccccc24)-c2ccc(-c4ccc(-c5ccc(-c6cccc(-c7ncccn7)n6)nc5)cc4)c4cccc-3c24)cc1. The summed E-state index contributed by atoms with van der Waals surface area (Å²) in [6.07, 6.45) is 5.38. The van der Waals surface area contributed by atoms with Crippen LogP contribution in [0.4, 0.5) is 0 Å². The number of nitrogens with zero attached hydrogens (tertiary/aromatic N) is 4. The molecule has 10 aromatic rings. The molecule has 0 bridgehead atoms. The smallest absolute Gasteiger partial charge is 0.178 e. The summed E-state index contributed by atoms with van der Waals surface area (Å²) >= 11 is 0. The van der Waals surface area contributed by atoms with Crippen molar-refractivity contribution >= 4 is 21.5 Å². The van der Waals surface area contributed by atoms with Gasteiger partial charge in [-0.3, -0.25) is 4.98 Å². The lowest BCUT2D eigenvalue weighted by molar-refractivity contribution is 1.14. The largest absolute Gasteiger partial charge is 0.254 e. The highest BCUT2D eigenvalue weighted by molar-refractivity contribution is 6.28. The van der Waals surface area contributed by atoms with Crippen molar-refractivity contribution in [3.8, 4) is 89.7 Å². The third-order valence-electron chi connectivity index (χ3n) is 11.0. The van der Waals surface area contributed by atoms with E-state index in [1.54, 1.807) is 18.5 Å². The maximum absolute atomic E-state index is 4.80. The van der Waals surface area contributed by atoms with E-state index in [9.17, 15) is 0 Å². The van der Waals surface area contributed by atoms with Gasteiger partial charge in [0.05, 0.1) is 11.4 Å². The molecule has 11 rings (SSSR count). The first-order valence-electron chi connectivity index (χ1n) is 18.9. The maximum atomic E-state index is 4.80. The molecule has 1 aliphatic carbocycles. The molecule has 0 spiro atoms. The quantitative estimate of drug-likeness (QED) is 0.172. The van der Waals surface area contributed by atoms with Crippen molar-refractivity contribution in [1.29, 1.82) is 0 Å². The molecule has 0 fully saturated rings. The van der Waals surface area contributed by atoms with E-state index in [1.165, 1.54) is 77.2 Å². The maximum Gasteiger partial charge on any atom is 0.178 e. The fraction of sp³-hybridized carbons (Fsp3) is 0.